The van der Waals surface area contributed by atoms with E-state index in [2.05, 4.69) is 10.6 Å². The average Bonchev–Trinajstić information content (AvgIpc) is 2.70. The molecule has 0 radical (unpaired) electrons. The average molecular weight is 382 g/mol. The predicted octanol–water partition coefficient (Wildman–Crippen LogP) is 4.50. The van der Waals surface area contributed by atoms with Crippen molar-refractivity contribution in [1.29, 1.82) is 0 Å². The van der Waals surface area contributed by atoms with Crippen molar-refractivity contribution >= 4 is 17.5 Å². The highest BCUT2D eigenvalue weighted by atomic mass is 19.1. The van der Waals surface area contributed by atoms with Crippen LogP contribution in [0.3, 0.4) is 0 Å². The molecule has 0 atom stereocenters. The van der Waals surface area contributed by atoms with Crippen LogP contribution in [-0.4, -0.2) is 11.8 Å². The summed E-state index contributed by atoms with van der Waals surface area (Å²) in [6, 6.07) is 12.4. The monoisotopic (exact) mass is 382 g/mol. The predicted molar refractivity (Wildman–Crippen MR) is 108 cm³/mol. The lowest BCUT2D eigenvalue weighted by Gasteiger charge is -2.27. The fraction of sp³-hybridized carbons (Fsp3) is 0.391. The van der Waals surface area contributed by atoms with Crippen LogP contribution in [0.25, 0.3) is 0 Å². The second-order valence-corrected chi connectivity index (χ2v) is 7.61. The Morgan fingerprint density at radius 1 is 0.893 bits per heavy atom. The van der Waals surface area contributed by atoms with Gasteiger partial charge in [-0.1, -0.05) is 36.4 Å². The molecule has 1 fully saturated rings. The van der Waals surface area contributed by atoms with E-state index in [-0.39, 0.29) is 36.0 Å². The molecule has 1 saturated carbocycles. The molecule has 0 heterocycles. The van der Waals surface area contributed by atoms with E-state index in [0.29, 0.717) is 31.2 Å². The zero-order chi connectivity index (χ0) is 20.1. The minimum absolute atomic E-state index is 0.0302. The lowest BCUT2D eigenvalue weighted by Crippen LogP contribution is -2.35. The standard InChI is InChI=1S/C23H27FN2O2/c1-15-6-5-7-16(2)21(15)26-23(28)18-12-10-17(11-13-18)22(27)25-14-19-8-3-4-9-20(19)24/h3-9,17-18H,10-14H2,1-2H3,(H,25,27)(H,26,28). The number of anilines is 1. The van der Waals surface area contributed by atoms with Gasteiger partial charge in [0.1, 0.15) is 5.82 Å². The molecule has 2 amide bonds. The molecule has 0 unspecified atom stereocenters. The minimum Gasteiger partial charge on any atom is -0.352 e. The molecule has 3 rings (SSSR count). The summed E-state index contributed by atoms with van der Waals surface area (Å²) in [4.78, 5) is 25.0. The molecule has 2 aromatic rings. The summed E-state index contributed by atoms with van der Waals surface area (Å²) in [5.74, 6) is -0.528. The Balaban J connectivity index is 1.49. The number of hydrogen-bond donors (Lipinski definition) is 2. The highest BCUT2D eigenvalue weighted by Gasteiger charge is 2.30. The van der Waals surface area contributed by atoms with Crippen LogP contribution in [0.15, 0.2) is 42.5 Å². The Kier molecular flexibility index (Phi) is 6.45. The van der Waals surface area contributed by atoms with E-state index in [9.17, 15) is 14.0 Å². The third kappa shape index (κ3) is 4.77. The molecule has 0 aliphatic heterocycles. The van der Waals surface area contributed by atoms with E-state index in [0.717, 1.165) is 16.8 Å². The molecule has 28 heavy (non-hydrogen) atoms. The van der Waals surface area contributed by atoms with Crippen molar-refractivity contribution < 1.29 is 14.0 Å². The number of aryl methyl sites for hydroxylation is 2. The summed E-state index contributed by atoms with van der Waals surface area (Å²) in [6.07, 6.45) is 2.73. The van der Waals surface area contributed by atoms with Gasteiger partial charge in [0.2, 0.25) is 11.8 Å². The van der Waals surface area contributed by atoms with Crippen LogP contribution < -0.4 is 10.6 Å². The van der Waals surface area contributed by atoms with E-state index in [1.54, 1.807) is 18.2 Å². The molecule has 0 spiro atoms. The van der Waals surface area contributed by atoms with Gasteiger partial charge in [-0.15, -0.1) is 0 Å². The maximum absolute atomic E-state index is 13.7. The van der Waals surface area contributed by atoms with Crippen molar-refractivity contribution in [2.24, 2.45) is 11.8 Å². The molecule has 4 nitrogen and oxygen atoms in total. The number of halogens is 1. The molecule has 148 valence electrons. The summed E-state index contributed by atoms with van der Waals surface area (Å²) >= 11 is 0. The maximum Gasteiger partial charge on any atom is 0.227 e. The van der Waals surface area contributed by atoms with E-state index in [1.807, 2.05) is 32.0 Å². The second kappa shape index (κ2) is 9.00. The first kappa shape index (κ1) is 20.1. The zero-order valence-corrected chi connectivity index (χ0v) is 16.4. The number of nitrogens with one attached hydrogen (secondary N) is 2. The Bertz CT molecular complexity index is 837. The van der Waals surface area contributed by atoms with Gasteiger partial charge in [-0.3, -0.25) is 9.59 Å². The molecular weight excluding hydrogens is 355 g/mol. The van der Waals surface area contributed by atoms with Gasteiger partial charge in [0, 0.05) is 29.6 Å². The normalized spacial score (nSPS) is 19.1. The number of carbonyl (C=O) groups is 2. The highest BCUT2D eigenvalue weighted by molar-refractivity contribution is 5.94. The van der Waals surface area contributed by atoms with Crippen LogP contribution in [-0.2, 0) is 16.1 Å². The fourth-order valence-electron chi connectivity index (χ4n) is 3.82. The van der Waals surface area contributed by atoms with Gasteiger partial charge in [-0.2, -0.15) is 0 Å². The number of para-hydroxylation sites is 1. The van der Waals surface area contributed by atoms with Crippen molar-refractivity contribution in [3.63, 3.8) is 0 Å². The Morgan fingerprint density at radius 3 is 2.07 bits per heavy atom. The summed E-state index contributed by atoms with van der Waals surface area (Å²) in [5, 5.41) is 5.89. The van der Waals surface area contributed by atoms with Gasteiger partial charge in [-0.25, -0.2) is 4.39 Å². The molecule has 2 N–H and O–H groups in total. The van der Waals surface area contributed by atoms with Crippen LogP contribution in [0.5, 0.6) is 0 Å². The largest absolute Gasteiger partial charge is 0.352 e. The first-order valence-corrected chi connectivity index (χ1v) is 9.84. The van der Waals surface area contributed by atoms with Crippen molar-refractivity contribution in [1.82, 2.24) is 5.32 Å². The van der Waals surface area contributed by atoms with E-state index in [4.69, 9.17) is 0 Å². The van der Waals surface area contributed by atoms with Gasteiger partial charge >= 0.3 is 0 Å². The number of rotatable bonds is 5. The molecule has 1 aliphatic carbocycles. The van der Waals surface area contributed by atoms with Crippen LogP contribution in [0, 0.1) is 31.5 Å². The van der Waals surface area contributed by atoms with Crippen LogP contribution in [0.4, 0.5) is 10.1 Å². The van der Waals surface area contributed by atoms with Crippen LogP contribution >= 0.6 is 0 Å². The lowest BCUT2D eigenvalue weighted by atomic mass is 9.81. The molecule has 1 aliphatic rings. The fourth-order valence-corrected chi connectivity index (χ4v) is 3.82. The highest BCUT2D eigenvalue weighted by Crippen LogP contribution is 2.31. The smallest absolute Gasteiger partial charge is 0.227 e. The van der Waals surface area contributed by atoms with Gasteiger partial charge in [0.15, 0.2) is 0 Å². The van der Waals surface area contributed by atoms with Crippen molar-refractivity contribution in [3.8, 4) is 0 Å². The summed E-state index contributed by atoms with van der Waals surface area (Å²) in [7, 11) is 0. The van der Waals surface area contributed by atoms with Crippen molar-refractivity contribution in [3.05, 3.63) is 65.0 Å². The van der Waals surface area contributed by atoms with Gasteiger partial charge in [-0.05, 0) is 56.7 Å². The number of amides is 2. The van der Waals surface area contributed by atoms with E-state index in [1.165, 1.54) is 6.07 Å². The van der Waals surface area contributed by atoms with Gasteiger partial charge in [0.05, 0.1) is 0 Å². The zero-order valence-electron chi connectivity index (χ0n) is 16.4. The van der Waals surface area contributed by atoms with E-state index >= 15 is 0 Å². The third-order valence-corrected chi connectivity index (χ3v) is 5.61. The Labute approximate surface area is 165 Å². The Morgan fingerprint density at radius 2 is 1.46 bits per heavy atom. The minimum atomic E-state index is -0.310. The van der Waals surface area contributed by atoms with Crippen LogP contribution in [0.1, 0.15) is 42.4 Å². The first-order chi connectivity index (χ1) is 13.5. The van der Waals surface area contributed by atoms with Gasteiger partial charge < -0.3 is 10.6 Å². The van der Waals surface area contributed by atoms with Crippen molar-refractivity contribution in [2.45, 2.75) is 46.1 Å². The molecule has 2 aromatic carbocycles. The van der Waals surface area contributed by atoms with Crippen LogP contribution in [0.2, 0.25) is 0 Å². The Hall–Kier alpha value is -2.69. The summed E-state index contributed by atoms with van der Waals surface area (Å²) < 4.78 is 13.7. The third-order valence-electron chi connectivity index (χ3n) is 5.61. The number of benzene rings is 2. The summed E-state index contributed by atoms with van der Waals surface area (Å²) in [6.45, 7) is 4.16. The quantitative estimate of drug-likeness (QED) is 0.800. The molecule has 0 aromatic heterocycles. The molecular formula is C23H27FN2O2. The topological polar surface area (TPSA) is 58.2 Å². The molecule has 0 saturated heterocycles. The second-order valence-electron chi connectivity index (χ2n) is 7.61. The summed E-state index contributed by atoms with van der Waals surface area (Å²) in [5.41, 5.74) is 3.47. The maximum atomic E-state index is 13.7. The number of hydrogen-bond acceptors (Lipinski definition) is 2. The first-order valence-electron chi connectivity index (χ1n) is 9.84. The molecule has 0 bridgehead atoms. The lowest BCUT2D eigenvalue weighted by molar-refractivity contribution is -0.128. The molecule has 5 heteroatoms. The number of carbonyl (C=O) groups excluding carboxylic acids is 2. The SMILES string of the molecule is Cc1cccc(C)c1NC(=O)C1CCC(C(=O)NCc2ccccc2F)CC1. The van der Waals surface area contributed by atoms with E-state index < -0.39 is 0 Å². The van der Waals surface area contributed by atoms with Gasteiger partial charge in [0.25, 0.3) is 0 Å². The van der Waals surface area contributed by atoms with Crippen molar-refractivity contribution in [2.75, 3.05) is 5.32 Å².